The number of aromatic nitrogens is 2. The van der Waals surface area contributed by atoms with Crippen LogP contribution in [0.1, 0.15) is 16.8 Å². The zero-order valence-electron chi connectivity index (χ0n) is 16.7. The molecule has 1 aliphatic rings. The fourth-order valence-corrected chi connectivity index (χ4v) is 5.65. The van der Waals surface area contributed by atoms with Crippen LogP contribution < -0.4 is 10.3 Å². The molecule has 30 heavy (non-hydrogen) atoms. The first-order valence-corrected chi connectivity index (χ1v) is 11.3. The molecule has 7 heteroatoms. The maximum Gasteiger partial charge on any atom is 0.296 e. The molecule has 6 nitrogen and oxygen atoms in total. The lowest BCUT2D eigenvalue weighted by Crippen LogP contribution is -2.23. The standard InChI is InChI=1S/C23H21N3O3S/c1-15-22(23(27)26(25(15)2)18-8-4-3-5-9-18)24-30(28,29)20-14-13-17-12-11-16-7-6-10-19(20)21(16)17/h3-10,13-14,24H,11-12H2,1-2H3. The van der Waals surface area contributed by atoms with E-state index < -0.39 is 15.6 Å². The topological polar surface area (TPSA) is 73.1 Å². The van der Waals surface area contributed by atoms with Gasteiger partial charge in [-0.05, 0) is 54.5 Å². The SMILES string of the molecule is Cc1c(NS(=O)(=O)c2ccc3c4c(cccc24)CC3)c(=O)n(-c2ccccc2)n1C. The summed E-state index contributed by atoms with van der Waals surface area (Å²) in [6, 6.07) is 18.4. The number of rotatable bonds is 4. The largest absolute Gasteiger partial charge is 0.296 e. The molecule has 0 radical (unpaired) electrons. The van der Waals surface area contributed by atoms with Gasteiger partial charge in [0.25, 0.3) is 15.6 Å². The first-order chi connectivity index (χ1) is 14.4. The van der Waals surface area contributed by atoms with E-state index >= 15 is 0 Å². The second-order valence-electron chi connectivity index (χ2n) is 7.60. The molecule has 5 rings (SSSR count). The molecule has 1 aromatic heterocycles. The number of nitrogens with zero attached hydrogens (tertiary/aromatic N) is 2. The van der Waals surface area contributed by atoms with E-state index in [1.807, 2.05) is 54.6 Å². The summed E-state index contributed by atoms with van der Waals surface area (Å²) < 4.78 is 32.4. The number of aryl methyl sites for hydroxylation is 2. The molecule has 3 aromatic carbocycles. The Hall–Kier alpha value is -3.32. The third kappa shape index (κ3) is 2.69. The van der Waals surface area contributed by atoms with Crippen molar-refractivity contribution >= 4 is 26.5 Å². The van der Waals surface area contributed by atoms with E-state index in [1.54, 1.807) is 24.7 Å². The van der Waals surface area contributed by atoms with Crippen molar-refractivity contribution in [3.63, 3.8) is 0 Å². The predicted molar refractivity (Wildman–Crippen MR) is 118 cm³/mol. The Kier molecular flexibility index (Phi) is 4.11. The Labute approximate surface area is 174 Å². The van der Waals surface area contributed by atoms with Crippen molar-refractivity contribution in [1.29, 1.82) is 0 Å². The highest BCUT2D eigenvalue weighted by molar-refractivity contribution is 7.93. The van der Waals surface area contributed by atoms with Gasteiger partial charge >= 0.3 is 0 Å². The Morgan fingerprint density at radius 3 is 2.33 bits per heavy atom. The summed E-state index contributed by atoms with van der Waals surface area (Å²) in [6.07, 6.45) is 1.84. The van der Waals surface area contributed by atoms with Gasteiger partial charge < -0.3 is 0 Å². The van der Waals surface area contributed by atoms with Crippen LogP contribution in [0, 0.1) is 6.92 Å². The minimum atomic E-state index is -3.95. The lowest BCUT2D eigenvalue weighted by Gasteiger charge is -2.11. The van der Waals surface area contributed by atoms with Crippen molar-refractivity contribution in [2.45, 2.75) is 24.7 Å². The van der Waals surface area contributed by atoms with Gasteiger partial charge in [-0.25, -0.2) is 13.1 Å². The van der Waals surface area contributed by atoms with E-state index in [2.05, 4.69) is 4.72 Å². The van der Waals surface area contributed by atoms with Gasteiger partial charge in [0.15, 0.2) is 0 Å². The zero-order chi connectivity index (χ0) is 21.0. The molecule has 152 valence electrons. The van der Waals surface area contributed by atoms with Crippen molar-refractivity contribution in [2.24, 2.45) is 7.05 Å². The highest BCUT2D eigenvalue weighted by atomic mass is 32.2. The number of hydrogen-bond acceptors (Lipinski definition) is 3. The van der Waals surface area contributed by atoms with Crippen LogP contribution in [0.3, 0.4) is 0 Å². The number of sulfonamides is 1. The first kappa shape index (κ1) is 18.7. The summed E-state index contributed by atoms with van der Waals surface area (Å²) in [5.74, 6) is 0. The average molecular weight is 420 g/mol. The van der Waals surface area contributed by atoms with E-state index in [1.165, 1.54) is 15.8 Å². The summed E-state index contributed by atoms with van der Waals surface area (Å²) in [5, 5.41) is 1.72. The van der Waals surface area contributed by atoms with Gasteiger partial charge in [-0.15, -0.1) is 0 Å². The Balaban J connectivity index is 1.64. The van der Waals surface area contributed by atoms with Crippen LogP contribution in [-0.2, 0) is 29.9 Å². The predicted octanol–water partition coefficient (Wildman–Crippen LogP) is 3.54. The van der Waals surface area contributed by atoms with Crippen LogP contribution in [0.4, 0.5) is 5.69 Å². The van der Waals surface area contributed by atoms with E-state index in [9.17, 15) is 13.2 Å². The van der Waals surface area contributed by atoms with Crippen LogP contribution in [0.2, 0.25) is 0 Å². The quantitative estimate of drug-likeness (QED) is 0.550. The van der Waals surface area contributed by atoms with Gasteiger partial charge in [-0.1, -0.05) is 42.5 Å². The molecule has 0 spiro atoms. The summed E-state index contributed by atoms with van der Waals surface area (Å²) in [7, 11) is -2.22. The molecule has 0 atom stereocenters. The van der Waals surface area contributed by atoms with E-state index in [-0.39, 0.29) is 10.6 Å². The first-order valence-electron chi connectivity index (χ1n) is 9.79. The molecule has 0 fully saturated rings. The lowest BCUT2D eigenvalue weighted by atomic mass is 10.1. The monoisotopic (exact) mass is 419 g/mol. The molecule has 0 bridgehead atoms. The van der Waals surface area contributed by atoms with Gasteiger partial charge in [-0.3, -0.25) is 14.2 Å². The van der Waals surface area contributed by atoms with E-state index in [0.717, 1.165) is 18.2 Å². The summed E-state index contributed by atoms with van der Waals surface area (Å²) in [5.41, 5.74) is 3.20. The second kappa shape index (κ2) is 6.60. The number of anilines is 1. The summed E-state index contributed by atoms with van der Waals surface area (Å²) in [6.45, 7) is 1.73. The van der Waals surface area contributed by atoms with Crippen LogP contribution in [-0.4, -0.2) is 17.8 Å². The maximum absolute atomic E-state index is 13.4. The highest BCUT2D eigenvalue weighted by Crippen LogP contribution is 2.35. The number of nitrogens with one attached hydrogen (secondary N) is 1. The van der Waals surface area contributed by atoms with Crippen LogP contribution in [0.15, 0.2) is 70.4 Å². The van der Waals surface area contributed by atoms with E-state index in [4.69, 9.17) is 0 Å². The van der Waals surface area contributed by atoms with Crippen LogP contribution >= 0.6 is 0 Å². The third-order valence-corrected chi connectivity index (χ3v) is 7.32. The third-order valence-electron chi connectivity index (χ3n) is 5.92. The van der Waals surface area contributed by atoms with Gasteiger partial charge in [0.2, 0.25) is 0 Å². The van der Waals surface area contributed by atoms with Crippen LogP contribution in [0.5, 0.6) is 0 Å². The molecular formula is C23H21N3O3S. The maximum atomic E-state index is 13.4. The smallest absolute Gasteiger partial charge is 0.283 e. The number of hydrogen-bond donors (Lipinski definition) is 1. The minimum Gasteiger partial charge on any atom is -0.283 e. The minimum absolute atomic E-state index is 0.0598. The highest BCUT2D eigenvalue weighted by Gasteiger charge is 2.26. The molecule has 1 aliphatic carbocycles. The fourth-order valence-electron chi connectivity index (χ4n) is 4.33. The van der Waals surface area contributed by atoms with Crippen molar-refractivity contribution in [3.8, 4) is 5.69 Å². The molecule has 0 saturated heterocycles. The molecule has 4 aromatic rings. The number of benzene rings is 3. The molecular weight excluding hydrogens is 398 g/mol. The molecule has 0 amide bonds. The fraction of sp³-hybridized carbons (Fsp3) is 0.174. The van der Waals surface area contributed by atoms with Gasteiger partial charge in [0.05, 0.1) is 16.3 Å². The summed E-state index contributed by atoms with van der Waals surface area (Å²) in [4.78, 5) is 13.3. The Morgan fingerprint density at radius 2 is 1.60 bits per heavy atom. The van der Waals surface area contributed by atoms with Gasteiger partial charge in [-0.2, -0.15) is 0 Å². The second-order valence-corrected chi connectivity index (χ2v) is 9.26. The molecule has 1 heterocycles. The van der Waals surface area contributed by atoms with Gasteiger partial charge in [0, 0.05) is 12.4 Å². The normalized spacial score (nSPS) is 13.1. The van der Waals surface area contributed by atoms with E-state index in [0.29, 0.717) is 16.8 Å². The zero-order valence-corrected chi connectivity index (χ0v) is 17.5. The summed E-state index contributed by atoms with van der Waals surface area (Å²) >= 11 is 0. The molecule has 0 saturated carbocycles. The Morgan fingerprint density at radius 1 is 0.900 bits per heavy atom. The lowest BCUT2D eigenvalue weighted by molar-refractivity contribution is 0.602. The van der Waals surface area contributed by atoms with Crippen molar-refractivity contribution in [2.75, 3.05) is 4.72 Å². The van der Waals surface area contributed by atoms with Crippen molar-refractivity contribution < 1.29 is 8.42 Å². The van der Waals surface area contributed by atoms with Crippen molar-refractivity contribution in [1.82, 2.24) is 9.36 Å². The van der Waals surface area contributed by atoms with Crippen molar-refractivity contribution in [3.05, 3.63) is 87.8 Å². The average Bonchev–Trinajstić information content (AvgIpc) is 3.25. The molecule has 1 N–H and O–H groups in total. The van der Waals surface area contributed by atoms with Crippen LogP contribution in [0.25, 0.3) is 16.5 Å². The molecule has 0 aliphatic heterocycles. The Bertz CT molecular complexity index is 1460. The number of para-hydroxylation sites is 1. The van der Waals surface area contributed by atoms with Gasteiger partial charge in [0.1, 0.15) is 5.69 Å². The molecule has 0 unspecified atom stereocenters.